The van der Waals surface area contributed by atoms with Crippen molar-refractivity contribution < 1.29 is 4.39 Å². The molecule has 0 bridgehead atoms. The Labute approximate surface area is 189 Å². The lowest BCUT2D eigenvalue weighted by Crippen LogP contribution is -2.26. The van der Waals surface area contributed by atoms with Crippen molar-refractivity contribution in [1.82, 2.24) is 25.2 Å². The van der Waals surface area contributed by atoms with Crippen LogP contribution >= 0.6 is 0 Å². The summed E-state index contributed by atoms with van der Waals surface area (Å²) in [4.78, 5) is 8.74. The van der Waals surface area contributed by atoms with Gasteiger partial charge in [0.2, 0.25) is 0 Å². The fourth-order valence-corrected chi connectivity index (χ4v) is 4.87. The van der Waals surface area contributed by atoms with Gasteiger partial charge >= 0.3 is 0 Å². The number of nitrogen functional groups attached to an aromatic ring is 1. The number of anilines is 1. The minimum absolute atomic E-state index is 0.174. The minimum atomic E-state index is -0.174. The van der Waals surface area contributed by atoms with Crippen LogP contribution in [0.5, 0.6) is 0 Å². The Morgan fingerprint density at radius 3 is 2.72 bits per heavy atom. The zero-order valence-electron chi connectivity index (χ0n) is 19.0. The second-order valence-electron chi connectivity index (χ2n) is 8.89. The number of nitrogens with zero attached hydrogens (tertiary/aromatic N) is 3. The molecule has 172 valence electrons. The highest BCUT2D eigenvalue weighted by Crippen LogP contribution is 2.37. The van der Waals surface area contributed by atoms with Gasteiger partial charge in [0.05, 0.1) is 5.39 Å². The quantitative estimate of drug-likeness (QED) is 0.396. The van der Waals surface area contributed by atoms with Crippen LogP contribution in [0.1, 0.15) is 49.8 Å². The standard InChI is InChI=1S/C25H35FN6/c1-2-20-16-32(25-23(20)24(27)30-17-31-25)22-9-6-19(14-22)15-29-12-3-11-28-13-10-18-4-7-21(26)8-5-18/h4-5,7-8,16-17,19,22,28-29H,2-3,6,9-15H2,1H3,(H2,27,30,31). The number of halogens is 1. The molecule has 1 aliphatic rings. The molecule has 4 rings (SSSR count). The van der Waals surface area contributed by atoms with E-state index in [0.717, 1.165) is 56.5 Å². The fraction of sp³-hybridized carbons (Fsp3) is 0.520. The van der Waals surface area contributed by atoms with Crippen molar-refractivity contribution in [3.8, 4) is 0 Å². The maximum atomic E-state index is 12.9. The second-order valence-corrected chi connectivity index (χ2v) is 8.89. The highest BCUT2D eigenvalue weighted by Gasteiger charge is 2.27. The number of fused-ring (bicyclic) bond motifs is 1. The first-order chi connectivity index (χ1) is 15.7. The van der Waals surface area contributed by atoms with Crippen molar-refractivity contribution in [2.45, 2.75) is 51.5 Å². The topological polar surface area (TPSA) is 80.8 Å². The van der Waals surface area contributed by atoms with E-state index in [2.05, 4.69) is 38.3 Å². The first-order valence-corrected chi connectivity index (χ1v) is 11.9. The van der Waals surface area contributed by atoms with E-state index >= 15 is 0 Å². The van der Waals surface area contributed by atoms with Crippen LogP contribution in [0.4, 0.5) is 10.2 Å². The van der Waals surface area contributed by atoms with Gasteiger partial charge in [0.1, 0.15) is 23.6 Å². The highest BCUT2D eigenvalue weighted by atomic mass is 19.1. The Hall–Kier alpha value is -2.51. The van der Waals surface area contributed by atoms with E-state index in [4.69, 9.17) is 5.73 Å². The largest absolute Gasteiger partial charge is 0.383 e. The molecule has 0 aliphatic heterocycles. The van der Waals surface area contributed by atoms with Crippen LogP contribution in [0.2, 0.25) is 0 Å². The number of rotatable bonds is 11. The third-order valence-electron chi connectivity index (χ3n) is 6.65. The van der Waals surface area contributed by atoms with Crippen molar-refractivity contribution in [3.63, 3.8) is 0 Å². The molecule has 1 fully saturated rings. The Kier molecular flexibility index (Phi) is 7.71. The van der Waals surface area contributed by atoms with Crippen molar-refractivity contribution in [2.24, 2.45) is 5.92 Å². The number of nitrogens with one attached hydrogen (secondary N) is 2. The van der Waals surface area contributed by atoms with Gasteiger partial charge in [0.25, 0.3) is 0 Å². The molecule has 0 spiro atoms. The lowest BCUT2D eigenvalue weighted by Gasteiger charge is -2.15. The van der Waals surface area contributed by atoms with Gasteiger partial charge in [-0.2, -0.15) is 0 Å². The average Bonchev–Trinajstić information content (AvgIpc) is 3.42. The van der Waals surface area contributed by atoms with Gasteiger partial charge in [-0.25, -0.2) is 14.4 Å². The van der Waals surface area contributed by atoms with E-state index in [1.54, 1.807) is 6.33 Å². The molecule has 3 aromatic rings. The molecule has 2 atom stereocenters. The molecule has 2 aromatic heterocycles. The summed E-state index contributed by atoms with van der Waals surface area (Å²) in [6.45, 7) is 6.18. The van der Waals surface area contributed by atoms with Crippen molar-refractivity contribution in [3.05, 3.63) is 53.7 Å². The fourth-order valence-electron chi connectivity index (χ4n) is 4.87. The number of hydrogen-bond acceptors (Lipinski definition) is 5. The van der Waals surface area contributed by atoms with E-state index in [9.17, 15) is 4.39 Å². The van der Waals surface area contributed by atoms with E-state index < -0.39 is 0 Å². The molecule has 2 heterocycles. The molecule has 0 saturated heterocycles. The zero-order valence-corrected chi connectivity index (χ0v) is 19.0. The first kappa shape index (κ1) is 22.7. The number of hydrogen-bond donors (Lipinski definition) is 3. The molecule has 1 aromatic carbocycles. The summed E-state index contributed by atoms with van der Waals surface area (Å²) in [5, 5.41) is 8.15. The summed E-state index contributed by atoms with van der Waals surface area (Å²) in [6, 6.07) is 7.26. The highest BCUT2D eigenvalue weighted by molar-refractivity contribution is 5.89. The van der Waals surface area contributed by atoms with Gasteiger partial charge in [0, 0.05) is 12.2 Å². The van der Waals surface area contributed by atoms with Gasteiger partial charge in [0.15, 0.2) is 0 Å². The van der Waals surface area contributed by atoms with Gasteiger partial charge in [-0.3, -0.25) is 0 Å². The number of aromatic nitrogens is 3. The lowest BCUT2D eigenvalue weighted by molar-refractivity contribution is 0.452. The van der Waals surface area contributed by atoms with Gasteiger partial charge in [-0.1, -0.05) is 19.1 Å². The van der Waals surface area contributed by atoms with Crippen LogP contribution in [-0.4, -0.2) is 40.7 Å². The molecule has 4 N–H and O–H groups in total. The average molecular weight is 439 g/mol. The SMILES string of the molecule is CCc1cn(C2CCC(CNCCCNCCc3ccc(F)cc3)C2)c2ncnc(N)c12. The van der Waals surface area contributed by atoms with E-state index in [1.165, 1.54) is 42.5 Å². The summed E-state index contributed by atoms with van der Waals surface area (Å²) in [5.41, 5.74) is 9.54. The third kappa shape index (κ3) is 5.45. The van der Waals surface area contributed by atoms with E-state index in [1.807, 2.05) is 12.1 Å². The Balaban J connectivity index is 1.15. The summed E-state index contributed by atoms with van der Waals surface area (Å²) < 4.78 is 15.3. The molecular formula is C25H35FN6. The normalized spacial score (nSPS) is 18.6. The molecular weight excluding hydrogens is 403 g/mol. The summed E-state index contributed by atoms with van der Waals surface area (Å²) >= 11 is 0. The van der Waals surface area contributed by atoms with Crippen LogP contribution in [0.25, 0.3) is 11.0 Å². The predicted molar refractivity (Wildman–Crippen MR) is 128 cm³/mol. The van der Waals surface area contributed by atoms with Crippen LogP contribution in [-0.2, 0) is 12.8 Å². The van der Waals surface area contributed by atoms with E-state index in [0.29, 0.717) is 17.8 Å². The molecule has 1 saturated carbocycles. The number of nitrogens with two attached hydrogens (primary N) is 1. The van der Waals surface area contributed by atoms with Gasteiger partial charge in [-0.15, -0.1) is 0 Å². The van der Waals surface area contributed by atoms with Gasteiger partial charge < -0.3 is 20.9 Å². The smallest absolute Gasteiger partial charge is 0.146 e. The third-order valence-corrected chi connectivity index (χ3v) is 6.65. The number of benzene rings is 1. The first-order valence-electron chi connectivity index (χ1n) is 11.9. The molecule has 6 nitrogen and oxygen atoms in total. The summed E-state index contributed by atoms with van der Waals surface area (Å²) in [5.74, 6) is 1.12. The predicted octanol–water partition coefficient (Wildman–Crippen LogP) is 3.87. The Bertz CT molecular complexity index is 1000. The lowest BCUT2D eigenvalue weighted by atomic mass is 10.1. The van der Waals surface area contributed by atoms with Gasteiger partial charge in [-0.05, 0) is 93.9 Å². The van der Waals surface area contributed by atoms with Crippen LogP contribution in [0.15, 0.2) is 36.8 Å². The molecule has 2 unspecified atom stereocenters. The van der Waals surface area contributed by atoms with Crippen LogP contribution < -0.4 is 16.4 Å². The van der Waals surface area contributed by atoms with Crippen molar-refractivity contribution in [1.29, 1.82) is 0 Å². The maximum Gasteiger partial charge on any atom is 0.146 e. The van der Waals surface area contributed by atoms with Crippen LogP contribution in [0, 0.1) is 11.7 Å². The number of aryl methyl sites for hydroxylation is 1. The minimum Gasteiger partial charge on any atom is -0.383 e. The Morgan fingerprint density at radius 1 is 1.09 bits per heavy atom. The molecule has 7 heteroatoms. The molecule has 0 amide bonds. The van der Waals surface area contributed by atoms with Crippen molar-refractivity contribution >= 4 is 16.9 Å². The molecule has 32 heavy (non-hydrogen) atoms. The zero-order chi connectivity index (χ0) is 22.3. The van der Waals surface area contributed by atoms with Crippen LogP contribution in [0.3, 0.4) is 0 Å². The second kappa shape index (κ2) is 10.9. The summed E-state index contributed by atoms with van der Waals surface area (Å²) in [6.07, 6.45) is 10.4. The summed E-state index contributed by atoms with van der Waals surface area (Å²) in [7, 11) is 0. The van der Waals surface area contributed by atoms with E-state index in [-0.39, 0.29) is 5.82 Å². The molecule has 0 radical (unpaired) electrons. The Morgan fingerprint density at radius 2 is 1.91 bits per heavy atom. The molecule has 1 aliphatic carbocycles. The maximum absolute atomic E-state index is 12.9. The van der Waals surface area contributed by atoms with Crippen molar-refractivity contribution in [2.75, 3.05) is 31.9 Å². The monoisotopic (exact) mass is 438 g/mol.